The fraction of sp³-hybridized carbons (Fsp3) is 0.400. The molecule has 0 saturated heterocycles. The molecule has 0 saturated carbocycles. The molecule has 1 aliphatic heterocycles. The summed E-state index contributed by atoms with van der Waals surface area (Å²) in [5.41, 5.74) is 1.83. The second-order valence-corrected chi connectivity index (χ2v) is 4.31. The lowest BCUT2D eigenvalue weighted by Gasteiger charge is -2.10. The van der Waals surface area contributed by atoms with Crippen LogP contribution in [0.15, 0.2) is 18.2 Å². The molecule has 1 aromatic rings. The molecule has 1 heterocycles. The third-order valence-corrected chi connectivity index (χ3v) is 3.30. The van der Waals surface area contributed by atoms with E-state index in [1.807, 2.05) is 0 Å². The Kier molecular flexibility index (Phi) is 2.56. The number of aliphatic hydroxyl groups is 1. The first-order chi connectivity index (χ1) is 6.27. The summed E-state index contributed by atoms with van der Waals surface area (Å²) in [5.74, 6) is 1.56. The van der Waals surface area contributed by atoms with Crippen LogP contribution in [0.5, 0.6) is 0 Å². The van der Waals surface area contributed by atoms with E-state index in [2.05, 4.69) is 0 Å². The molecule has 0 spiro atoms. The lowest BCUT2D eigenvalue weighted by molar-refractivity contribution is 0.174. The van der Waals surface area contributed by atoms with Gasteiger partial charge in [-0.25, -0.2) is 4.39 Å². The lowest BCUT2D eigenvalue weighted by atomic mass is 10.0. The summed E-state index contributed by atoms with van der Waals surface area (Å²) in [6, 6.07) is 4.68. The summed E-state index contributed by atoms with van der Waals surface area (Å²) >= 11 is 1.79. The van der Waals surface area contributed by atoms with Crippen LogP contribution in [0.2, 0.25) is 0 Å². The molecule has 2 rings (SSSR count). The molecule has 1 N–H and O–H groups in total. The number of hydrogen-bond donors (Lipinski definition) is 1. The van der Waals surface area contributed by atoms with Crippen LogP contribution in [0.3, 0.4) is 0 Å². The zero-order chi connectivity index (χ0) is 9.26. The van der Waals surface area contributed by atoms with Crippen LogP contribution in [0.1, 0.15) is 23.7 Å². The van der Waals surface area contributed by atoms with Crippen molar-refractivity contribution in [2.24, 2.45) is 0 Å². The standard InChI is InChI=1S/C10H11FOS/c11-8-2-1-7-6-13-4-3-10(12)9(7)5-8/h1-2,5,10,12H,3-4,6H2/t10-/m1/s1. The Morgan fingerprint density at radius 2 is 2.31 bits per heavy atom. The molecular formula is C10H11FOS. The van der Waals surface area contributed by atoms with Gasteiger partial charge in [0.2, 0.25) is 0 Å². The number of benzene rings is 1. The molecule has 70 valence electrons. The van der Waals surface area contributed by atoms with E-state index in [0.29, 0.717) is 0 Å². The van der Waals surface area contributed by atoms with Gasteiger partial charge in [-0.3, -0.25) is 0 Å². The number of hydrogen-bond acceptors (Lipinski definition) is 2. The molecule has 0 fully saturated rings. The van der Waals surface area contributed by atoms with Gasteiger partial charge in [-0.1, -0.05) is 6.07 Å². The topological polar surface area (TPSA) is 20.2 Å². The number of thioether (sulfide) groups is 1. The second kappa shape index (κ2) is 3.68. The van der Waals surface area contributed by atoms with Gasteiger partial charge < -0.3 is 5.11 Å². The number of aliphatic hydroxyl groups excluding tert-OH is 1. The van der Waals surface area contributed by atoms with Crippen molar-refractivity contribution in [1.82, 2.24) is 0 Å². The average Bonchev–Trinajstić information content (AvgIpc) is 2.29. The van der Waals surface area contributed by atoms with E-state index < -0.39 is 6.10 Å². The van der Waals surface area contributed by atoms with E-state index in [-0.39, 0.29) is 5.82 Å². The molecule has 1 atom stereocenters. The van der Waals surface area contributed by atoms with Crippen molar-refractivity contribution in [3.05, 3.63) is 35.1 Å². The second-order valence-electron chi connectivity index (χ2n) is 3.20. The summed E-state index contributed by atoms with van der Waals surface area (Å²) in [7, 11) is 0. The van der Waals surface area contributed by atoms with Crippen molar-refractivity contribution in [3.63, 3.8) is 0 Å². The van der Waals surface area contributed by atoms with E-state index in [1.165, 1.54) is 12.1 Å². The zero-order valence-corrected chi connectivity index (χ0v) is 7.98. The van der Waals surface area contributed by atoms with Crippen molar-refractivity contribution in [1.29, 1.82) is 0 Å². The van der Waals surface area contributed by atoms with Crippen LogP contribution < -0.4 is 0 Å². The molecule has 1 aromatic carbocycles. The van der Waals surface area contributed by atoms with Crippen LogP contribution in [0, 0.1) is 5.82 Å². The first-order valence-corrected chi connectivity index (χ1v) is 5.47. The maximum atomic E-state index is 12.9. The molecule has 0 aliphatic carbocycles. The van der Waals surface area contributed by atoms with Gasteiger partial charge in [-0.15, -0.1) is 0 Å². The fourth-order valence-electron chi connectivity index (χ4n) is 1.54. The lowest BCUT2D eigenvalue weighted by Crippen LogP contribution is -1.99. The Bertz CT molecular complexity index is 314. The molecule has 0 radical (unpaired) electrons. The predicted octanol–water partition coefficient (Wildman–Crippen LogP) is 2.50. The monoisotopic (exact) mass is 198 g/mol. The van der Waals surface area contributed by atoms with E-state index in [9.17, 15) is 9.50 Å². The number of halogens is 1. The van der Waals surface area contributed by atoms with Crippen LogP contribution in [-0.4, -0.2) is 10.9 Å². The van der Waals surface area contributed by atoms with Gasteiger partial charge in [0.05, 0.1) is 6.10 Å². The Morgan fingerprint density at radius 3 is 3.15 bits per heavy atom. The highest BCUT2D eigenvalue weighted by Gasteiger charge is 2.16. The highest BCUT2D eigenvalue weighted by Crippen LogP contribution is 2.30. The molecular weight excluding hydrogens is 187 g/mol. The minimum atomic E-state index is -0.485. The highest BCUT2D eigenvalue weighted by molar-refractivity contribution is 7.98. The quantitative estimate of drug-likeness (QED) is 0.691. The normalized spacial score (nSPS) is 22.2. The third kappa shape index (κ3) is 1.86. The van der Waals surface area contributed by atoms with Crippen LogP contribution in [-0.2, 0) is 5.75 Å². The maximum absolute atomic E-state index is 12.9. The van der Waals surface area contributed by atoms with Gasteiger partial charge >= 0.3 is 0 Å². The summed E-state index contributed by atoms with van der Waals surface area (Å²) in [6.45, 7) is 0. The summed E-state index contributed by atoms with van der Waals surface area (Å²) < 4.78 is 12.9. The van der Waals surface area contributed by atoms with Crippen LogP contribution in [0.25, 0.3) is 0 Å². The third-order valence-electron chi connectivity index (χ3n) is 2.26. The van der Waals surface area contributed by atoms with Crippen molar-refractivity contribution in [2.75, 3.05) is 5.75 Å². The maximum Gasteiger partial charge on any atom is 0.123 e. The SMILES string of the molecule is O[C@@H]1CCSCc2ccc(F)cc21. The molecule has 3 heteroatoms. The highest BCUT2D eigenvalue weighted by atomic mass is 32.2. The zero-order valence-electron chi connectivity index (χ0n) is 7.16. The Hall–Kier alpha value is -0.540. The Balaban J connectivity index is 2.43. The minimum Gasteiger partial charge on any atom is -0.388 e. The van der Waals surface area contributed by atoms with E-state index in [1.54, 1.807) is 17.8 Å². The molecule has 1 aliphatic rings. The number of fused-ring (bicyclic) bond motifs is 1. The van der Waals surface area contributed by atoms with Gasteiger partial charge in [0.1, 0.15) is 5.82 Å². The molecule has 0 unspecified atom stereocenters. The Labute approximate surface area is 81.0 Å². The summed E-state index contributed by atoms with van der Waals surface area (Å²) in [6.07, 6.45) is 0.238. The van der Waals surface area contributed by atoms with E-state index in [0.717, 1.165) is 29.1 Å². The van der Waals surface area contributed by atoms with Crippen molar-refractivity contribution >= 4 is 11.8 Å². The first-order valence-electron chi connectivity index (χ1n) is 4.31. The summed E-state index contributed by atoms with van der Waals surface area (Å²) in [5, 5.41) is 9.69. The predicted molar refractivity (Wildman–Crippen MR) is 52.1 cm³/mol. The van der Waals surface area contributed by atoms with Crippen LogP contribution in [0.4, 0.5) is 4.39 Å². The molecule has 0 bridgehead atoms. The smallest absolute Gasteiger partial charge is 0.123 e. The van der Waals surface area contributed by atoms with E-state index in [4.69, 9.17) is 0 Å². The summed E-state index contributed by atoms with van der Waals surface area (Å²) in [4.78, 5) is 0. The van der Waals surface area contributed by atoms with Crippen molar-refractivity contribution in [3.8, 4) is 0 Å². The van der Waals surface area contributed by atoms with Gasteiger partial charge in [-0.05, 0) is 35.4 Å². The minimum absolute atomic E-state index is 0.260. The van der Waals surface area contributed by atoms with Crippen LogP contribution >= 0.6 is 11.8 Å². The van der Waals surface area contributed by atoms with Gasteiger partial charge in [-0.2, -0.15) is 11.8 Å². The van der Waals surface area contributed by atoms with Crippen molar-refractivity contribution in [2.45, 2.75) is 18.3 Å². The molecule has 0 aromatic heterocycles. The van der Waals surface area contributed by atoms with E-state index >= 15 is 0 Å². The van der Waals surface area contributed by atoms with Gasteiger partial charge in [0.25, 0.3) is 0 Å². The van der Waals surface area contributed by atoms with Crippen molar-refractivity contribution < 1.29 is 9.50 Å². The largest absolute Gasteiger partial charge is 0.388 e. The fourth-order valence-corrected chi connectivity index (χ4v) is 2.56. The average molecular weight is 198 g/mol. The first kappa shape index (κ1) is 9.03. The van der Waals surface area contributed by atoms with Gasteiger partial charge in [0.15, 0.2) is 0 Å². The molecule has 13 heavy (non-hydrogen) atoms. The molecule has 1 nitrogen and oxygen atoms in total. The Morgan fingerprint density at radius 1 is 1.46 bits per heavy atom. The molecule has 0 amide bonds. The number of rotatable bonds is 0. The van der Waals surface area contributed by atoms with Gasteiger partial charge in [0, 0.05) is 5.75 Å².